The summed E-state index contributed by atoms with van der Waals surface area (Å²) in [5, 5.41) is 13.3. The van der Waals surface area contributed by atoms with Crippen LogP contribution in [-0.4, -0.2) is 63.8 Å². The summed E-state index contributed by atoms with van der Waals surface area (Å²) in [4.78, 5) is 39.5. The topological polar surface area (TPSA) is 101 Å². The largest absolute Gasteiger partial charge is 0.481 e. The number of anilines is 1. The number of hydrogen-bond donors (Lipinski definition) is 2. The van der Waals surface area contributed by atoms with Crippen LogP contribution in [0.15, 0.2) is 79.0 Å². The number of carboxylic acid groups (broad SMARTS) is 1. The monoisotopic (exact) mass is 645 g/mol. The maximum Gasteiger partial charge on any atom is 0.306 e. The zero-order valence-electron chi connectivity index (χ0n) is 25.4. The number of aliphatic carboxylic acids is 1. The Labute approximate surface area is 272 Å². The number of benzene rings is 3. The highest BCUT2D eigenvalue weighted by molar-refractivity contribution is 6.34. The Balaban J connectivity index is 1.08. The summed E-state index contributed by atoms with van der Waals surface area (Å²) in [6, 6.07) is 22.5. The van der Waals surface area contributed by atoms with E-state index in [0.717, 1.165) is 16.5 Å². The van der Waals surface area contributed by atoms with Crippen LogP contribution in [0.2, 0.25) is 5.02 Å². The van der Waals surface area contributed by atoms with Gasteiger partial charge in [-0.25, -0.2) is 4.39 Å². The predicted octanol–water partition coefficient (Wildman–Crippen LogP) is 6.74. The van der Waals surface area contributed by atoms with Gasteiger partial charge in [-0.2, -0.15) is 0 Å². The number of carbonyl (C=O) groups is 3. The van der Waals surface area contributed by atoms with Crippen molar-refractivity contribution in [2.45, 2.75) is 63.4 Å². The minimum Gasteiger partial charge on any atom is -0.481 e. The van der Waals surface area contributed by atoms with Gasteiger partial charge in [0, 0.05) is 30.1 Å². The van der Waals surface area contributed by atoms with Gasteiger partial charge in [-0.05, 0) is 55.0 Å². The molecule has 3 aromatic carbocycles. The van der Waals surface area contributed by atoms with Crippen molar-refractivity contribution in [2.24, 2.45) is 5.92 Å². The molecule has 1 saturated heterocycles. The zero-order chi connectivity index (χ0) is 32.2. The molecule has 0 radical (unpaired) electrons. The minimum absolute atomic E-state index is 0.0123. The van der Waals surface area contributed by atoms with Crippen LogP contribution >= 0.6 is 11.6 Å². The van der Waals surface area contributed by atoms with E-state index < -0.39 is 12.1 Å². The summed E-state index contributed by atoms with van der Waals surface area (Å²) < 4.78 is 22.5. The smallest absolute Gasteiger partial charge is 0.306 e. The molecule has 1 saturated carbocycles. The van der Waals surface area contributed by atoms with E-state index in [9.17, 15) is 23.9 Å². The number of halogens is 2. The van der Waals surface area contributed by atoms with Gasteiger partial charge in [0.25, 0.3) is 5.91 Å². The number of ether oxygens (including phenoxy) is 1. The lowest BCUT2D eigenvalue weighted by Gasteiger charge is -2.29. The third-order valence-corrected chi connectivity index (χ3v) is 9.41. The molecule has 1 aliphatic carbocycles. The number of hydrogen-bond acceptors (Lipinski definition) is 4. The predicted molar refractivity (Wildman–Crippen MR) is 175 cm³/mol. The van der Waals surface area contributed by atoms with E-state index in [1.165, 1.54) is 0 Å². The fourth-order valence-corrected chi connectivity index (χ4v) is 6.87. The average molecular weight is 646 g/mol. The number of likely N-dealkylation sites (tertiary alicyclic amines) is 1. The van der Waals surface area contributed by atoms with Crippen LogP contribution in [0.4, 0.5) is 10.1 Å². The van der Waals surface area contributed by atoms with Crippen LogP contribution in [0.5, 0.6) is 0 Å². The number of para-hydroxylation sites is 1. The highest BCUT2D eigenvalue weighted by atomic mass is 35.5. The molecule has 8 nitrogen and oxygen atoms in total. The standard InChI is InChI=1S/C36H37ClFN3O5/c37-31-16-24(17-34(42)41-20-26(38)18-27(41)22-46-28-13-11-25(12-14-28)36(44)45)10-15-32(31)39-35(43)30-21-40(19-23-6-2-1-3-7-23)33-9-5-4-8-29(30)33/h1-10,15-16,21,25-28H,11-14,17-20,22H2,(H,39,43)(H,44,45)/t25-,26-,27-,28-/m0/s1. The van der Waals surface area contributed by atoms with E-state index in [1.54, 1.807) is 23.1 Å². The van der Waals surface area contributed by atoms with Crippen molar-refractivity contribution in [3.05, 3.63) is 101 Å². The molecule has 2 heterocycles. The Morgan fingerprint density at radius 3 is 2.43 bits per heavy atom. The minimum atomic E-state index is -1.12. The van der Waals surface area contributed by atoms with Gasteiger partial charge in [0.2, 0.25) is 5.91 Å². The van der Waals surface area contributed by atoms with E-state index in [1.807, 2.05) is 60.8 Å². The zero-order valence-corrected chi connectivity index (χ0v) is 26.2. The Bertz CT molecular complexity index is 1720. The van der Waals surface area contributed by atoms with Crippen molar-refractivity contribution in [2.75, 3.05) is 18.5 Å². The number of nitrogens with one attached hydrogen (secondary N) is 1. The van der Waals surface area contributed by atoms with Crippen molar-refractivity contribution < 1.29 is 28.6 Å². The molecule has 0 spiro atoms. The number of carboxylic acids is 1. The van der Waals surface area contributed by atoms with Gasteiger partial charge >= 0.3 is 5.97 Å². The van der Waals surface area contributed by atoms with Crippen molar-refractivity contribution in [1.82, 2.24) is 9.47 Å². The lowest BCUT2D eigenvalue weighted by atomic mass is 9.87. The van der Waals surface area contributed by atoms with Crippen molar-refractivity contribution in [3.8, 4) is 0 Å². The van der Waals surface area contributed by atoms with Crippen LogP contribution in [-0.2, 0) is 27.3 Å². The molecule has 46 heavy (non-hydrogen) atoms. The molecule has 2 fully saturated rings. The number of amides is 2. The lowest BCUT2D eigenvalue weighted by Crippen LogP contribution is -2.40. The number of nitrogens with zero attached hydrogens (tertiary/aromatic N) is 2. The fraction of sp³-hybridized carbons (Fsp3) is 0.361. The van der Waals surface area contributed by atoms with Crippen LogP contribution in [0.3, 0.4) is 0 Å². The Morgan fingerprint density at radius 2 is 1.70 bits per heavy atom. The van der Waals surface area contributed by atoms with E-state index in [4.69, 9.17) is 16.3 Å². The highest BCUT2D eigenvalue weighted by Crippen LogP contribution is 2.30. The summed E-state index contributed by atoms with van der Waals surface area (Å²) in [6.45, 7) is 0.861. The quantitative estimate of drug-likeness (QED) is 0.199. The summed E-state index contributed by atoms with van der Waals surface area (Å²) in [6.07, 6.45) is 3.32. The van der Waals surface area contributed by atoms with E-state index in [0.29, 0.717) is 54.1 Å². The molecule has 0 unspecified atom stereocenters. The first-order valence-corrected chi connectivity index (χ1v) is 16.1. The van der Waals surface area contributed by atoms with E-state index in [-0.39, 0.29) is 55.9 Å². The number of alkyl halides is 1. The normalized spacial score (nSPS) is 21.4. The summed E-state index contributed by atoms with van der Waals surface area (Å²) in [5.74, 6) is -1.62. The van der Waals surface area contributed by atoms with Crippen LogP contribution in [0.25, 0.3) is 10.9 Å². The second kappa shape index (κ2) is 14.1. The molecule has 2 N–H and O–H groups in total. The second-order valence-corrected chi connectivity index (χ2v) is 12.7. The molecular weight excluding hydrogens is 609 g/mol. The first kappa shape index (κ1) is 31.8. The maximum absolute atomic E-state index is 14.4. The van der Waals surface area contributed by atoms with E-state index in [2.05, 4.69) is 9.88 Å². The third-order valence-electron chi connectivity index (χ3n) is 9.10. The molecule has 0 bridgehead atoms. The Hall–Kier alpha value is -4.21. The highest BCUT2D eigenvalue weighted by Gasteiger charge is 2.36. The first-order chi connectivity index (χ1) is 22.2. The number of aromatic nitrogens is 1. The summed E-state index contributed by atoms with van der Waals surface area (Å²) in [5.41, 5.74) is 3.68. The third kappa shape index (κ3) is 7.26. The fourth-order valence-electron chi connectivity index (χ4n) is 6.62. The number of rotatable bonds is 10. The van der Waals surface area contributed by atoms with Gasteiger partial charge in [-0.1, -0.05) is 66.2 Å². The first-order valence-electron chi connectivity index (χ1n) is 15.7. The molecule has 1 aliphatic heterocycles. The van der Waals surface area contributed by atoms with Gasteiger partial charge < -0.3 is 24.6 Å². The Morgan fingerprint density at radius 1 is 0.957 bits per heavy atom. The van der Waals surface area contributed by atoms with Gasteiger partial charge in [-0.3, -0.25) is 14.4 Å². The molecule has 2 amide bonds. The van der Waals surface area contributed by atoms with Crippen LogP contribution in [0, 0.1) is 5.92 Å². The number of carbonyl (C=O) groups excluding carboxylic acids is 2. The number of fused-ring (bicyclic) bond motifs is 1. The SMILES string of the molecule is O=C(Nc1ccc(CC(=O)N2C[C@@H](F)C[C@H]2CO[C@H]2CC[C@H](C(=O)O)CC2)cc1Cl)c1cn(Cc2ccccc2)c2ccccc12. The van der Waals surface area contributed by atoms with Crippen LogP contribution < -0.4 is 5.32 Å². The lowest BCUT2D eigenvalue weighted by molar-refractivity contribution is -0.144. The second-order valence-electron chi connectivity index (χ2n) is 12.3. The van der Waals surface area contributed by atoms with Gasteiger partial charge in [0.15, 0.2) is 0 Å². The van der Waals surface area contributed by atoms with Crippen LogP contribution in [0.1, 0.15) is 53.6 Å². The summed E-state index contributed by atoms with van der Waals surface area (Å²) in [7, 11) is 0. The van der Waals surface area contributed by atoms with Gasteiger partial charge in [0.05, 0.1) is 53.9 Å². The molecule has 240 valence electrons. The van der Waals surface area contributed by atoms with Crippen molar-refractivity contribution in [1.29, 1.82) is 0 Å². The Kier molecular flexibility index (Phi) is 9.70. The average Bonchev–Trinajstić information content (AvgIpc) is 3.62. The van der Waals surface area contributed by atoms with Crippen molar-refractivity contribution >= 4 is 46.0 Å². The van der Waals surface area contributed by atoms with Gasteiger partial charge in [0.1, 0.15) is 6.17 Å². The van der Waals surface area contributed by atoms with E-state index >= 15 is 0 Å². The molecule has 1 aromatic heterocycles. The molecular formula is C36H37ClFN3O5. The molecule has 2 atom stereocenters. The molecule has 10 heteroatoms. The summed E-state index contributed by atoms with van der Waals surface area (Å²) >= 11 is 6.59. The molecule has 4 aromatic rings. The molecule has 2 aliphatic rings. The van der Waals surface area contributed by atoms with Crippen molar-refractivity contribution in [3.63, 3.8) is 0 Å². The van der Waals surface area contributed by atoms with Gasteiger partial charge in [-0.15, -0.1) is 0 Å². The molecule has 6 rings (SSSR count). The maximum atomic E-state index is 14.4.